The number of hydrogen-bond acceptors (Lipinski definition) is 5. The molecule has 9 heteroatoms. The summed E-state index contributed by atoms with van der Waals surface area (Å²) >= 11 is 0. The van der Waals surface area contributed by atoms with Crippen molar-refractivity contribution in [3.05, 3.63) is 0 Å². The minimum absolute atomic E-state index is 0.0770. The lowest BCUT2D eigenvalue weighted by Gasteiger charge is -2.35. The molecule has 2 aliphatic heterocycles. The number of rotatable bonds is 8. The topological polar surface area (TPSA) is 113 Å². The number of piperidine rings is 1. The Balaban J connectivity index is 2.01. The SMILES string of the molecule is CCCCS(=O)(=O)N1CCCC1C(=O)N1CCCC(C(=O)NCCN)C1. The number of amides is 2. The van der Waals surface area contributed by atoms with E-state index in [4.69, 9.17) is 5.73 Å². The molecule has 0 aromatic heterocycles. The Hall–Kier alpha value is -1.19. The number of hydrogen-bond donors (Lipinski definition) is 2. The highest BCUT2D eigenvalue weighted by Crippen LogP contribution is 2.26. The van der Waals surface area contributed by atoms with E-state index in [9.17, 15) is 18.0 Å². The molecule has 2 aliphatic rings. The molecular weight excluding hydrogens is 356 g/mol. The molecule has 150 valence electrons. The monoisotopic (exact) mass is 388 g/mol. The molecule has 0 spiro atoms. The first-order chi connectivity index (χ1) is 12.4. The van der Waals surface area contributed by atoms with Gasteiger partial charge >= 0.3 is 0 Å². The summed E-state index contributed by atoms with van der Waals surface area (Å²) in [6.45, 7) is 4.11. The number of likely N-dealkylation sites (tertiary alicyclic amines) is 1. The van der Waals surface area contributed by atoms with E-state index in [1.165, 1.54) is 4.31 Å². The Morgan fingerprint density at radius 1 is 1.19 bits per heavy atom. The van der Waals surface area contributed by atoms with Gasteiger partial charge in [0.25, 0.3) is 0 Å². The predicted molar refractivity (Wildman–Crippen MR) is 99.8 cm³/mol. The van der Waals surface area contributed by atoms with Crippen LogP contribution >= 0.6 is 0 Å². The van der Waals surface area contributed by atoms with E-state index in [2.05, 4.69) is 5.32 Å². The first-order valence-corrected chi connectivity index (χ1v) is 11.3. The van der Waals surface area contributed by atoms with E-state index in [0.717, 1.165) is 19.3 Å². The van der Waals surface area contributed by atoms with Crippen molar-refractivity contribution < 1.29 is 18.0 Å². The van der Waals surface area contributed by atoms with E-state index in [-0.39, 0.29) is 23.5 Å². The second-order valence-electron chi connectivity index (χ2n) is 7.14. The molecule has 2 saturated heterocycles. The number of nitrogens with one attached hydrogen (secondary N) is 1. The van der Waals surface area contributed by atoms with Gasteiger partial charge in [0.1, 0.15) is 6.04 Å². The molecule has 0 aliphatic carbocycles. The maximum absolute atomic E-state index is 13.0. The summed E-state index contributed by atoms with van der Waals surface area (Å²) < 4.78 is 26.5. The molecule has 0 aromatic rings. The fraction of sp³-hybridized carbons (Fsp3) is 0.882. The van der Waals surface area contributed by atoms with Crippen LogP contribution in [-0.2, 0) is 19.6 Å². The quantitative estimate of drug-likeness (QED) is 0.603. The minimum Gasteiger partial charge on any atom is -0.355 e. The normalized spacial score (nSPS) is 24.6. The molecule has 8 nitrogen and oxygen atoms in total. The molecule has 2 unspecified atom stereocenters. The highest BCUT2D eigenvalue weighted by Gasteiger charge is 2.41. The van der Waals surface area contributed by atoms with Crippen LogP contribution in [0.1, 0.15) is 45.4 Å². The van der Waals surface area contributed by atoms with Crippen LogP contribution in [0.25, 0.3) is 0 Å². The van der Waals surface area contributed by atoms with E-state index in [1.807, 2.05) is 6.92 Å². The number of nitrogens with zero attached hydrogens (tertiary/aromatic N) is 2. The Kier molecular flexibility index (Phi) is 7.85. The molecule has 0 radical (unpaired) electrons. The van der Waals surface area contributed by atoms with Crippen LogP contribution in [0.2, 0.25) is 0 Å². The van der Waals surface area contributed by atoms with E-state index in [1.54, 1.807) is 4.90 Å². The van der Waals surface area contributed by atoms with Crippen LogP contribution in [0.3, 0.4) is 0 Å². The van der Waals surface area contributed by atoms with Crippen LogP contribution in [0, 0.1) is 5.92 Å². The number of carbonyl (C=O) groups is 2. The van der Waals surface area contributed by atoms with E-state index in [0.29, 0.717) is 52.0 Å². The maximum atomic E-state index is 13.0. The number of unbranched alkanes of at least 4 members (excludes halogenated alkanes) is 1. The minimum atomic E-state index is -3.40. The van der Waals surface area contributed by atoms with Gasteiger partial charge in [-0.15, -0.1) is 0 Å². The van der Waals surface area contributed by atoms with Gasteiger partial charge in [0, 0.05) is 32.7 Å². The van der Waals surface area contributed by atoms with Crippen molar-refractivity contribution in [1.29, 1.82) is 0 Å². The van der Waals surface area contributed by atoms with E-state index < -0.39 is 16.1 Å². The summed E-state index contributed by atoms with van der Waals surface area (Å²) in [6, 6.07) is -0.609. The van der Waals surface area contributed by atoms with Gasteiger partial charge in [-0.3, -0.25) is 9.59 Å². The maximum Gasteiger partial charge on any atom is 0.241 e. The van der Waals surface area contributed by atoms with Crippen molar-refractivity contribution >= 4 is 21.8 Å². The average molecular weight is 389 g/mol. The summed E-state index contributed by atoms with van der Waals surface area (Å²) in [7, 11) is -3.40. The molecule has 0 aromatic carbocycles. The van der Waals surface area contributed by atoms with Crippen LogP contribution in [-0.4, -0.2) is 74.0 Å². The molecule has 2 atom stereocenters. The average Bonchev–Trinajstić information content (AvgIpc) is 3.14. The second kappa shape index (κ2) is 9.66. The second-order valence-corrected chi connectivity index (χ2v) is 9.18. The van der Waals surface area contributed by atoms with Crippen molar-refractivity contribution in [2.45, 2.75) is 51.5 Å². The number of carbonyl (C=O) groups excluding carboxylic acids is 2. The molecule has 2 rings (SSSR count). The third-order valence-electron chi connectivity index (χ3n) is 5.15. The van der Waals surface area contributed by atoms with Gasteiger partial charge in [-0.05, 0) is 32.1 Å². The van der Waals surface area contributed by atoms with E-state index >= 15 is 0 Å². The summed E-state index contributed by atoms with van der Waals surface area (Å²) in [5.41, 5.74) is 5.41. The lowest BCUT2D eigenvalue weighted by molar-refractivity contribution is -0.138. The predicted octanol–water partition coefficient (Wildman–Crippen LogP) is -0.106. The first-order valence-electron chi connectivity index (χ1n) is 9.66. The molecule has 3 N–H and O–H groups in total. The molecular formula is C17H32N4O4S. The highest BCUT2D eigenvalue weighted by molar-refractivity contribution is 7.89. The van der Waals surface area contributed by atoms with Gasteiger partial charge in [0.05, 0.1) is 11.7 Å². The van der Waals surface area contributed by atoms with Crippen LogP contribution in [0.15, 0.2) is 0 Å². The zero-order valence-electron chi connectivity index (χ0n) is 15.7. The van der Waals surface area contributed by atoms with Crippen molar-refractivity contribution in [2.75, 3.05) is 38.5 Å². The van der Waals surface area contributed by atoms with Crippen molar-refractivity contribution in [1.82, 2.24) is 14.5 Å². The Morgan fingerprint density at radius 3 is 2.62 bits per heavy atom. The zero-order chi connectivity index (χ0) is 19.2. The third kappa shape index (κ3) is 5.17. The summed E-state index contributed by atoms with van der Waals surface area (Å²) in [4.78, 5) is 26.8. The smallest absolute Gasteiger partial charge is 0.241 e. The van der Waals surface area contributed by atoms with Crippen molar-refractivity contribution in [3.63, 3.8) is 0 Å². The van der Waals surface area contributed by atoms with Gasteiger partial charge in [-0.2, -0.15) is 4.31 Å². The van der Waals surface area contributed by atoms with Crippen molar-refractivity contribution in [3.8, 4) is 0 Å². The number of sulfonamides is 1. The Morgan fingerprint density at radius 2 is 1.92 bits per heavy atom. The zero-order valence-corrected chi connectivity index (χ0v) is 16.5. The van der Waals surface area contributed by atoms with Crippen LogP contribution in [0.4, 0.5) is 0 Å². The third-order valence-corrected chi connectivity index (χ3v) is 7.11. The van der Waals surface area contributed by atoms with Gasteiger partial charge < -0.3 is 16.0 Å². The number of nitrogens with two attached hydrogens (primary N) is 1. The van der Waals surface area contributed by atoms with Crippen molar-refractivity contribution in [2.24, 2.45) is 11.7 Å². The van der Waals surface area contributed by atoms with Gasteiger partial charge in [0.2, 0.25) is 21.8 Å². The van der Waals surface area contributed by atoms with Gasteiger partial charge in [-0.25, -0.2) is 8.42 Å². The van der Waals surface area contributed by atoms with Crippen LogP contribution < -0.4 is 11.1 Å². The molecule has 26 heavy (non-hydrogen) atoms. The molecule has 2 heterocycles. The molecule has 2 fully saturated rings. The Labute approximate surface area is 156 Å². The Bertz CT molecular complexity index is 596. The lowest BCUT2D eigenvalue weighted by atomic mass is 9.96. The fourth-order valence-electron chi connectivity index (χ4n) is 3.71. The summed E-state index contributed by atoms with van der Waals surface area (Å²) in [5.74, 6) is -0.381. The van der Waals surface area contributed by atoms with Gasteiger partial charge in [0.15, 0.2) is 0 Å². The molecule has 0 bridgehead atoms. The largest absolute Gasteiger partial charge is 0.355 e. The highest BCUT2D eigenvalue weighted by atomic mass is 32.2. The summed E-state index contributed by atoms with van der Waals surface area (Å²) in [6.07, 6.45) is 4.16. The lowest BCUT2D eigenvalue weighted by Crippen LogP contribution is -2.52. The molecule has 2 amide bonds. The molecule has 0 saturated carbocycles. The van der Waals surface area contributed by atoms with Crippen LogP contribution in [0.5, 0.6) is 0 Å². The first kappa shape index (κ1) is 21.1. The standard InChI is InChI=1S/C17H32N4O4S/c1-2-3-12-26(24,25)21-11-5-7-15(21)17(23)20-10-4-6-14(13-20)16(22)19-9-8-18/h14-15H,2-13,18H2,1H3,(H,19,22). The summed E-state index contributed by atoms with van der Waals surface area (Å²) in [5, 5.41) is 2.78. The fourth-order valence-corrected chi connectivity index (χ4v) is 5.58. The van der Waals surface area contributed by atoms with Gasteiger partial charge in [-0.1, -0.05) is 13.3 Å².